The van der Waals surface area contributed by atoms with Gasteiger partial charge < -0.3 is 29.7 Å². The Morgan fingerprint density at radius 1 is 1.02 bits per heavy atom. The van der Waals surface area contributed by atoms with Crippen LogP contribution in [0.5, 0.6) is 0 Å². The Balaban J connectivity index is 1.34. The van der Waals surface area contributed by atoms with Crippen molar-refractivity contribution in [2.45, 2.75) is 50.6 Å². The minimum atomic E-state index is -0.562. The second-order valence-corrected chi connectivity index (χ2v) is 10.6. The molecule has 2 fully saturated rings. The van der Waals surface area contributed by atoms with Gasteiger partial charge in [0.05, 0.1) is 24.9 Å². The SMILES string of the molecule is C=CCOC(=O)NCc1cccc(-c2cccc(C3OC(CN4CCC(O)C4)CC(c4ccc(CO)cc4)O3)c2)c1. The van der Waals surface area contributed by atoms with Gasteiger partial charge in [0, 0.05) is 38.2 Å². The van der Waals surface area contributed by atoms with E-state index >= 15 is 0 Å². The van der Waals surface area contributed by atoms with E-state index in [-0.39, 0.29) is 31.5 Å². The van der Waals surface area contributed by atoms with Gasteiger partial charge in [-0.25, -0.2) is 4.79 Å². The van der Waals surface area contributed by atoms with Crippen LogP contribution in [0.4, 0.5) is 4.79 Å². The van der Waals surface area contributed by atoms with Crippen LogP contribution in [0, 0.1) is 0 Å². The molecule has 41 heavy (non-hydrogen) atoms. The largest absolute Gasteiger partial charge is 0.445 e. The molecule has 3 aromatic carbocycles. The van der Waals surface area contributed by atoms with Crippen molar-refractivity contribution in [1.29, 1.82) is 0 Å². The molecular weight excluding hydrogens is 520 g/mol. The number of benzene rings is 3. The normalized spacial score (nSPS) is 22.8. The van der Waals surface area contributed by atoms with Crippen LogP contribution in [0.25, 0.3) is 11.1 Å². The van der Waals surface area contributed by atoms with Gasteiger partial charge in [0.2, 0.25) is 0 Å². The fourth-order valence-corrected chi connectivity index (χ4v) is 5.38. The zero-order valence-corrected chi connectivity index (χ0v) is 23.2. The first-order valence-corrected chi connectivity index (χ1v) is 14.1. The highest BCUT2D eigenvalue weighted by molar-refractivity contribution is 5.68. The number of carbonyl (C=O) groups is 1. The number of rotatable bonds is 10. The Morgan fingerprint density at radius 3 is 2.54 bits per heavy atom. The summed E-state index contributed by atoms with van der Waals surface area (Å²) in [4.78, 5) is 14.1. The highest BCUT2D eigenvalue weighted by atomic mass is 16.7. The van der Waals surface area contributed by atoms with Gasteiger partial charge in [-0.05, 0) is 46.4 Å². The number of nitrogens with zero attached hydrogens (tertiary/aromatic N) is 1. The number of ether oxygens (including phenoxy) is 3. The molecule has 216 valence electrons. The number of aliphatic hydroxyl groups excluding tert-OH is 2. The standard InChI is InChI=1S/C33H38N2O6/c1-2-15-39-33(38)34-19-24-5-3-6-26(16-24)27-7-4-8-28(17-27)32-40-30(21-35-14-13-29(37)20-35)18-31(41-32)25-11-9-23(22-36)10-12-25/h2-12,16-17,29-32,36-37H,1,13-15,18-22H2,(H,34,38). The summed E-state index contributed by atoms with van der Waals surface area (Å²) in [5.74, 6) is 0. The molecule has 0 aromatic heterocycles. The number of aliphatic hydroxyl groups is 2. The van der Waals surface area contributed by atoms with Crippen molar-refractivity contribution in [1.82, 2.24) is 10.2 Å². The lowest BCUT2D eigenvalue weighted by Crippen LogP contribution is -2.38. The van der Waals surface area contributed by atoms with Crippen molar-refractivity contribution in [3.05, 3.63) is 108 Å². The van der Waals surface area contributed by atoms with Gasteiger partial charge in [-0.15, -0.1) is 0 Å². The zero-order valence-electron chi connectivity index (χ0n) is 23.2. The summed E-state index contributed by atoms with van der Waals surface area (Å²) < 4.78 is 18.1. The van der Waals surface area contributed by atoms with Crippen molar-refractivity contribution in [2.24, 2.45) is 0 Å². The number of hydrogen-bond acceptors (Lipinski definition) is 7. The molecule has 3 aromatic rings. The molecule has 2 heterocycles. The van der Waals surface area contributed by atoms with Crippen LogP contribution in [0.3, 0.4) is 0 Å². The summed E-state index contributed by atoms with van der Waals surface area (Å²) in [5, 5.41) is 22.3. The molecule has 4 unspecified atom stereocenters. The first-order chi connectivity index (χ1) is 20.0. The van der Waals surface area contributed by atoms with Gasteiger partial charge in [0.25, 0.3) is 0 Å². The van der Waals surface area contributed by atoms with Crippen molar-refractivity contribution >= 4 is 6.09 Å². The first kappa shape index (κ1) is 29.0. The van der Waals surface area contributed by atoms with Crippen LogP contribution < -0.4 is 5.32 Å². The third-order valence-electron chi connectivity index (χ3n) is 7.51. The van der Waals surface area contributed by atoms with E-state index in [1.165, 1.54) is 6.08 Å². The van der Waals surface area contributed by atoms with Gasteiger partial charge >= 0.3 is 6.09 Å². The second kappa shape index (κ2) is 13.9. The van der Waals surface area contributed by atoms with E-state index in [2.05, 4.69) is 22.9 Å². The third kappa shape index (κ3) is 7.81. The molecule has 8 nitrogen and oxygen atoms in total. The number of nitrogens with one attached hydrogen (secondary N) is 1. The van der Waals surface area contributed by atoms with E-state index in [0.717, 1.165) is 52.9 Å². The van der Waals surface area contributed by atoms with E-state index < -0.39 is 12.4 Å². The molecule has 2 aliphatic heterocycles. The molecule has 0 bridgehead atoms. The lowest BCUT2D eigenvalue weighted by molar-refractivity contribution is -0.252. The molecule has 3 N–H and O–H groups in total. The second-order valence-electron chi connectivity index (χ2n) is 10.6. The molecule has 0 spiro atoms. The summed E-state index contributed by atoms with van der Waals surface area (Å²) >= 11 is 0. The molecule has 4 atom stereocenters. The monoisotopic (exact) mass is 558 g/mol. The van der Waals surface area contributed by atoms with Crippen LogP contribution in [-0.4, -0.2) is 59.7 Å². The maximum atomic E-state index is 11.8. The Kier molecular flexibility index (Phi) is 9.82. The topological polar surface area (TPSA) is 100 Å². The summed E-state index contributed by atoms with van der Waals surface area (Å²) in [6.07, 6.45) is 1.44. The smallest absolute Gasteiger partial charge is 0.407 e. The average Bonchev–Trinajstić information content (AvgIpc) is 3.43. The molecule has 8 heteroatoms. The molecule has 0 radical (unpaired) electrons. The Labute approximate surface area is 241 Å². The fourth-order valence-electron chi connectivity index (χ4n) is 5.38. The van der Waals surface area contributed by atoms with E-state index in [1.807, 2.05) is 66.7 Å². The Hall–Kier alpha value is -3.53. The molecular formula is C33H38N2O6. The van der Waals surface area contributed by atoms with Crippen molar-refractivity contribution < 1.29 is 29.2 Å². The number of likely N-dealkylation sites (tertiary alicyclic amines) is 1. The van der Waals surface area contributed by atoms with Gasteiger partial charge in [0.15, 0.2) is 6.29 Å². The molecule has 0 aliphatic carbocycles. The minimum absolute atomic E-state index is 0.000896. The van der Waals surface area contributed by atoms with Crippen molar-refractivity contribution in [3.63, 3.8) is 0 Å². The highest BCUT2D eigenvalue weighted by Crippen LogP contribution is 2.39. The van der Waals surface area contributed by atoms with E-state index in [0.29, 0.717) is 19.5 Å². The summed E-state index contributed by atoms with van der Waals surface area (Å²) in [7, 11) is 0. The summed E-state index contributed by atoms with van der Waals surface area (Å²) in [6, 6.07) is 24.0. The number of carbonyl (C=O) groups excluding carboxylic acids is 1. The number of amides is 1. The zero-order chi connectivity index (χ0) is 28.6. The minimum Gasteiger partial charge on any atom is -0.445 e. The highest BCUT2D eigenvalue weighted by Gasteiger charge is 2.34. The van der Waals surface area contributed by atoms with Crippen LogP contribution in [0.1, 0.15) is 47.5 Å². The molecule has 0 saturated carbocycles. The van der Waals surface area contributed by atoms with E-state index in [9.17, 15) is 15.0 Å². The number of β-amino-alcohol motifs (C(OH)–C–C–N with tert-alkyl or cyclic N) is 1. The number of alkyl carbamates (subject to hydrolysis) is 1. The molecule has 5 rings (SSSR count). The first-order valence-electron chi connectivity index (χ1n) is 14.1. The van der Waals surface area contributed by atoms with Crippen LogP contribution >= 0.6 is 0 Å². The number of hydrogen-bond donors (Lipinski definition) is 3. The van der Waals surface area contributed by atoms with Gasteiger partial charge in [-0.2, -0.15) is 0 Å². The van der Waals surface area contributed by atoms with Crippen LogP contribution in [-0.2, 0) is 27.4 Å². The lowest BCUT2D eigenvalue weighted by atomic mass is 9.98. The summed E-state index contributed by atoms with van der Waals surface area (Å²) in [6.45, 7) is 6.31. The molecule has 1 amide bonds. The average molecular weight is 559 g/mol. The van der Waals surface area contributed by atoms with E-state index in [1.54, 1.807) is 0 Å². The molecule has 2 saturated heterocycles. The van der Waals surface area contributed by atoms with Gasteiger partial charge in [-0.3, -0.25) is 4.90 Å². The summed E-state index contributed by atoms with van der Waals surface area (Å²) in [5.41, 5.74) is 5.80. The van der Waals surface area contributed by atoms with Crippen LogP contribution in [0.2, 0.25) is 0 Å². The van der Waals surface area contributed by atoms with Gasteiger partial charge in [-0.1, -0.05) is 73.3 Å². The van der Waals surface area contributed by atoms with E-state index in [4.69, 9.17) is 14.2 Å². The third-order valence-corrected chi connectivity index (χ3v) is 7.51. The maximum Gasteiger partial charge on any atom is 0.407 e. The predicted molar refractivity (Wildman–Crippen MR) is 156 cm³/mol. The predicted octanol–water partition coefficient (Wildman–Crippen LogP) is 4.87. The Morgan fingerprint density at radius 2 is 1.80 bits per heavy atom. The lowest BCUT2D eigenvalue weighted by Gasteiger charge is -2.38. The molecule has 2 aliphatic rings. The van der Waals surface area contributed by atoms with Crippen molar-refractivity contribution in [3.8, 4) is 11.1 Å². The quantitative estimate of drug-likeness (QED) is 0.305. The van der Waals surface area contributed by atoms with Gasteiger partial charge in [0.1, 0.15) is 6.61 Å². The van der Waals surface area contributed by atoms with Crippen LogP contribution in [0.15, 0.2) is 85.5 Å². The maximum absolute atomic E-state index is 11.8. The Bertz CT molecular complexity index is 1310. The van der Waals surface area contributed by atoms with Crippen molar-refractivity contribution in [2.75, 3.05) is 26.2 Å². The fraction of sp³-hybridized carbons (Fsp3) is 0.364.